The summed E-state index contributed by atoms with van der Waals surface area (Å²) in [4.78, 5) is 12.4. The van der Waals surface area contributed by atoms with Gasteiger partial charge in [0.25, 0.3) is 0 Å². The van der Waals surface area contributed by atoms with Gasteiger partial charge in [-0.2, -0.15) is 0 Å². The van der Waals surface area contributed by atoms with Crippen molar-refractivity contribution in [3.8, 4) is 0 Å². The van der Waals surface area contributed by atoms with Crippen LogP contribution in [0.1, 0.15) is 55.3 Å². The molecule has 1 aliphatic rings. The molecule has 3 heteroatoms. The van der Waals surface area contributed by atoms with Gasteiger partial charge in [0.2, 0.25) is 5.91 Å². The summed E-state index contributed by atoms with van der Waals surface area (Å²) in [7, 11) is 0. The number of amides is 1. The number of carbonyl (C=O) groups excluding carboxylic acids is 1. The van der Waals surface area contributed by atoms with Crippen LogP contribution in [0.5, 0.6) is 0 Å². The number of hydrogen-bond donors (Lipinski definition) is 2. The van der Waals surface area contributed by atoms with Crippen LogP contribution in [0.2, 0.25) is 0 Å². The zero-order chi connectivity index (χ0) is 14.5. The van der Waals surface area contributed by atoms with Crippen molar-refractivity contribution in [1.82, 2.24) is 10.6 Å². The van der Waals surface area contributed by atoms with Crippen molar-refractivity contribution in [3.05, 3.63) is 34.9 Å². The van der Waals surface area contributed by atoms with Crippen molar-refractivity contribution in [3.63, 3.8) is 0 Å². The number of hydrogen-bond acceptors (Lipinski definition) is 2. The molecule has 1 fully saturated rings. The quantitative estimate of drug-likeness (QED) is 0.889. The first-order chi connectivity index (χ1) is 9.58. The van der Waals surface area contributed by atoms with E-state index in [1.807, 2.05) is 0 Å². The zero-order valence-corrected chi connectivity index (χ0v) is 12.8. The Balaban J connectivity index is 2.01. The maximum absolute atomic E-state index is 12.4. The van der Waals surface area contributed by atoms with Crippen LogP contribution in [-0.4, -0.2) is 18.5 Å². The minimum Gasteiger partial charge on any atom is -0.348 e. The molecule has 3 nitrogen and oxygen atoms in total. The summed E-state index contributed by atoms with van der Waals surface area (Å²) < 4.78 is 0. The molecule has 110 valence electrons. The lowest BCUT2D eigenvalue weighted by atomic mass is 9.99. The van der Waals surface area contributed by atoms with Gasteiger partial charge in [-0.25, -0.2) is 0 Å². The van der Waals surface area contributed by atoms with E-state index in [9.17, 15) is 4.79 Å². The van der Waals surface area contributed by atoms with Gasteiger partial charge in [-0.05, 0) is 51.3 Å². The molecule has 1 aliphatic heterocycles. The Hall–Kier alpha value is -1.35. The lowest BCUT2D eigenvalue weighted by molar-refractivity contribution is -0.123. The predicted molar refractivity (Wildman–Crippen MR) is 82.7 cm³/mol. The summed E-state index contributed by atoms with van der Waals surface area (Å²) in [5.74, 6) is 0.139. The van der Waals surface area contributed by atoms with Gasteiger partial charge in [0, 0.05) is 0 Å². The minimum absolute atomic E-state index is 0.0231. The Kier molecular flexibility index (Phi) is 5.18. The van der Waals surface area contributed by atoms with E-state index in [-0.39, 0.29) is 18.0 Å². The first kappa shape index (κ1) is 15.0. The third-order valence-corrected chi connectivity index (χ3v) is 4.14. The number of rotatable bonds is 3. The first-order valence-corrected chi connectivity index (χ1v) is 7.69. The van der Waals surface area contributed by atoms with E-state index in [2.05, 4.69) is 49.6 Å². The monoisotopic (exact) mass is 274 g/mol. The molecule has 2 unspecified atom stereocenters. The van der Waals surface area contributed by atoms with E-state index in [1.165, 1.54) is 29.5 Å². The molecule has 2 rings (SSSR count). The van der Waals surface area contributed by atoms with Crippen molar-refractivity contribution >= 4 is 5.91 Å². The van der Waals surface area contributed by atoms with Crippen LogP contribution in [0.4, 0.5) is 0 Å². The van der Waals surface area contributed by atoms with E-state index < -0.39 is 0 Å². The smallest absolute Gasteiger partial charge is 0.237 e. The molecule has 2 N–H and O–H groups in total. The van der Waals surface area contributed by atoms with Crippen LogP contribution in [0.3, 0.4) is 0 Å². The zero-order valence-electron chi connectivity index (χ0n) is 12.8. The molecule has 1 aromatic rings. The topological polar surface area (TPSA) is 41.1 Å². The summed E-state index contributed by atoms with van der Waals surface area (Å²) in [6.45, 7) is 7.21. The summed E-state index contributed by atoms with van der Waals surface area (Å²) >= 11 is 0. The molecule has 1 heterocycles. The average Bonchev–Trinajstić information content (AvgIpc) is 2.70. The van der Waals surface area contributed by atoms with E-state index in [0.717, 1.165) is 19.4 Å². The van der Waals surface area contributed by atoms with Crippen LogP contribution in [0.15, 0.2) is 18.2 Å². The highest BCUT2D eigenvalue weighted by atomic mass is 16.2. The largest absolute Gasteiger partial charge is 0.348 e. The summed E-state index contributed by atoms with van der Waals surface area (Å²) in [5.41, 5.74) is 3.68. The number of benzene rings is 1. The average molecular weight is 274 g/mol. The van der Waals surface area contributed by atoms with Crippen LogP contribution >= 0.6 is 0 Å². The van der Waals surface area contributed by atoms with E-state index in [0.29, 0.717) is 0 Å². The molecule has 0 radical (unpaired) electrons. The molecular formula is C17H26N2O. The predicted octanol–water partition coefficient (Wildman–Crippen LogP) is 3.01. The standard InChI is InChI=1S/C17H26N2O/c1-12-8-9-13(2)15(11-12)14(3)19-17(20)16-7-5-4-6-10-18-16/h8-9,11,14,16,18H,4-7,10H2,1-3H3,(H,19,20). The SMILES string of the molecule is Cc1ccc(C)c(C(C)NC(=O)C2CCCCCN2)c1. The fourth-order valence-electron chi connectivity index (χ4n) is 2.87. The third kappa shape index (κ3) is 3.83. The molecule has 0 bridgehead atoms. The molecular weight excluding hydrogens is 248 g/mol. The Labute approximate surface area is 122 Å². The van der Waals surface area contributed by atoms with Gasteiger partial charge >= 0.3 is 0 Å². The molecule has 1 saturated heterocycles. The Morgan fingerprint density at radius 2 is 2.10 bits per heavy atom. The van der Waals surface area contributed by atoms with E-state index >= 15 is 0 Å². The maximum Gasteiger partial charge on any atom is 0.237 e. The number of carbonyl (C=O) groups is 1. The molecule has 1 aromatic carbocycles. The van der Waals surface area contributed by atoms with Crippen LogP contribution in [0, 0.1) is 13.8 Å². The van der Waals surface area contributed by atoms with Crippen LogP contribution in [0.25, 0.3) is 0 Å². The third-order valence-electron chi connectivity index (χ3n) is 4.14. The van der Waals surface area contributed by atoms with Gasteiger partial charge < -0.3 is 10.6 Å². The van der Waals surface area contributed by atoms with Crippen LogP contribution < -0.4 is 10.6 Å². The van der Waals surface area contributed by atoms with Gasteiger partial charge in [-0.1, -0.05) is 36.6 Å². The molecule has 0 aliphatic carbocycles. The second-order valence-electron chi connectivity index (χ2n) is 5.95. The number of aryl methyl sites for hydroxylation is 2. The minimum atomic E-state index is -0.0231. The number of nitrogens with one attached hydrogen (secondary N) is 2. The highest BCUT2D eigenvalue weighted by molar-refractivity contribution is 5.82. The Morgan fingerprint density at radius 1 is 1.30 bits per heavy atom. The summed E-state index contributed by atoms with van der Waals surface area (Å²) in [5, 5.41) is 6.51. The maximum atomic E-state index is 12.4. The van der Waals surface area contributed by atoms with Crippen LogP contribution in [-0.2, 0) is 4.79 Å². The lowest BCUT2D eigenvalue weighted by Crippen LogP contribution is -2.44. The highest BCUT2D eigenvalue weighted by Gasteiger charge is 2.21. The van der Waals surface area contributed by atoms with Gasteiger partial charge in [0.1, 0.15) is 0 Å². The molecule has 20 heavy (non-hydrogen) atoms. The first-order valence-electron chi connectivity index (χ1n) is 7.69. The highest BCUT2D eigenvalue weighted by Crippen LogP contribution is 2.19. The molecule has 1 amide bonds. The fraction of sp³-hybridized carbons (Fsp3) is 0.588. The van der Waals surface area contributed by atoms with Crippen molar-refractivity contribution < 1.29 is 4.79 Å². The molecule has 0 spiro atoms. The second kappa shape index (κ2) is 6.89. The van der Waals surface area contributed by atoms with Crippen molar-refractivity contribution in [2.24, 2.45) is 0 Å². The molecule has 2 atom stereocenters. The Morgan fingerprint density at radius 3 is 2.90 bits per heavy atom. The van der Waals surface area contributed by atoms with Gasteiger partial charge in [-0.3, -0.25) is 4.79 Å². The molecule has 0 aromatic heterocycles. The fourth-order valence-corrected chi connectivity index (χ4v) is 2.87. The molecule has 0 saturated carbocycles. The second-order valence-corrected chi connectivity index (χ2v) is 5.95. The van der Waals surface area contributed by atoms with Crippen molar-refractivity contribution in [2.75, 3.05) is 6.54 Å². The Bertz CT molecular complexity index is 462. The van der Waals surface area contributed by atoms with Gasteiger partial charge in [0.05, 0.1) is 12.1 Å². The van der Waals surface area contributed by atoms with E-state index in [1.54, 1.807) is 0 Å². The van der Waals surface area contributed by atoms with Gasteiger partial charge in [0.15, 0.2) is 0 Å². The van der Waals surface area contributed by atoms with Crippen molar-refractivity contribution in [1.29, 1.82) is 0 Å². The summed E-state index contributed by atoms with van der Waals surface area (Å²) in [6.07, 6.45) is 4.49. The normalized spacial score (nSPS) is 21.1. The van der Waals surface area contributed by atoms with Gasteiger partial charge in [-0.15, -0.1) is 0 Å². The van der Waals surface area contributed by atoms with Crippen molar-refractivity contribution in [2.45, 2.75) is 58.5 Å². The van der Waals surface area contributed by atoms with E-state index in [4.69, 9.17) is 0 Å². The summed E-state index contributed by atoms with van der Waals surface area (Å²) in [6, 6.07) is 6.44. The lowest BCUT2D eigenvalue weighted by Gasteiger charge is -2.21.